The largest absolute Gasteiger partial charge is 0.350 e. The van der Waals surface area contributed by atoms with Crippen LogP contribution in [0.4, 0.5) is 20.2 Å². The normalized spacial score (nSPS) is 16.0. The maximum Gasteiger partial charge on any atom is 0.350 e. The number of anilines is 2. The number of carbonyl (C=O) groups is 3. The number of benzene rings is 2. The quantitative estimate of drug-likeness (QED) is 0.297. The number of tetrazole rings is 1. The molecule has 3 heterocycles. The first-order valence-corrected chi connectivity index (χ1v) is 14.2. The van der Waals surface area contributed by atoms with Gasteiger partial charge < -0.3 is 15.5 Å². The second-order valence-electron chi connectivity index (χ2n) is 10.6. The number of hydrogen-bond donors (Lipinski definition) is 2. The first-order chi connectivity index (χ1) is 21.4. The molecule has 2 aromatic heterocycles. The summed E-state index contributed by atoms with van der Waals surface area (Å²) in [7, 11) is 0. The van der Waals surface area contributed by atoms with Crippen LogP contribution >= 0.6 is 0 Å². The summed E-state index contributed by atoms with van der Waals surface area (Å²) in [6.45, 7) is -1.33. The van der Waals surface area contributed by atoms with E-state index < -0.39 is 12.6 Å². The van der Waals surface area contributed by atoms with Crippen molar-refractivity contribution in [2.45, 2.75) is 25.4 Å². The molecule has 2 N–H and O–H groups in total. The van der Waals surface area contributed by atoms with Crippen molar-refractivity contribution in [1.82, 2.24) is 35.0 Å². The SMILES string of the molecule is O=C(Nc1ccnc(C(=O)N2CCN([C@H](c3ccccc3)c3nnn(C(F)F)n3)CC2)c1)c1ccc(NC(=O)C2CC2)cc1. The van der Waals surface area contributed by atoms with Gasteiger partial charge in [0, 0.05) is 55.2 Å². The number of amides is 3. The second-order valence-corrected chi connectivity index (χ2v) is 10.6. The van der Waals surface area contributed by atoms with Crippen molar-refractivity contribution in [1.29, 1.82) is 0 Å². The van der Waals surface area contributed by atoms with Gasteiger partial charge >= 0.3 is 6.55 Å². The van der Waals surface area contributed by atoms with Crippen molar-refractivity contribution < 1.29 is 23.2 Å². The van der Waals surface area contributed by atoms with Crippen molar-refractivity contribution in [3.05, 3.63) is 95.6 Å². The monoisotopic (exact) mass is 601 g/mol. The summed E-state index contributed by atoms with van der Waals surface area (Å²) < 4.78 is 26.3. The highest BCUT2D eigenvalue weighted by molar-refractivity contribution is 6.05. The molecule has 14 heteroatoms. The van der Waals surface area contributed by atoms with Gasteiger partial charge in [-0.2, -0.15) is 8.78 Å². The molecule has 1 saturated heterocycles. The van der Waals surface area contributed by atoms with Gasteiger partial charge in [0.2, 0.25) is 5.91 Å². The number of nitrogens with zero attached hydrogens (tertiary/aromatic N) is 7. The van der Waals surface area contributed by atoms with E-state index in [1.807, 2.05) is 35.2 Å². The van der Waals surface area contributed by atoms with Gasteiger partial charge in [0.15, 0.2) is 5.82 Å². The highest BCUT2D eigenvalue weighted by Crippen LogP contribution is 2.30. The first-order valence-electron chi connectivity index (χ1n) is 14.2. The van der Waals surface area contributed by atoms with Crippen LogP contribution in [0.2, 0.25) is 0 Å². The van der Waals surface area contributed by atoms with E-state index in [-0.39, 0.29) is 40.0 Å². The van der Waals surface area contributed by atoms with Gasteiger partial charge in [0.05, 0.1) is 6.04 Å². The van der Waals surface area contributed by atoms with Crippen molar-refractivity contribution >= 4 is 29.1 Å². The van der Waals surface area contributed by atoms with E-state index in [1.54, 1.807) is 35.2 Å². The Balaban J connectivity index is 1.08. The fourth-order valence-electron chi connectivity index (χ4n) is 5.06. The Kier molecular flexibility index (Phi) is 8.32. The smallest absolute Gasteiger partial charge is 0.335 e. The summed E-state index contributed by atoms with van der Waals surface area (Å²) >= 11 is 0. The Bertz CT molecular complexity index is 1640. The molecule has 1 saturated carbocycles. The lowest BCUT2D eigenvalue weighted by molar-refractivity contribution is -0.117. The van der Waals surface area contributed by atoms with Crippen molar-refractivity contribution in [2.24, 2.45) is 5.92 Å². The van der Waals surface area contributed by atoms with Crippen LogP contribution in [0.3, 0.4) is 0 Å². The molecule has 12 nitrogen and oxygen atoms in total. The Morgan fingerprint density at radius 2 is 1.59 bits per heavy atom. The van der Waals surface area contributed by atoms with Crippen molar-refractivity contribution in [3.63, 3.8) is 0 Å². The van der Waals surface area contributed by atoms with Gasteiger partial charge in [0.1, 0.15) is 5.69 Å². The summed E-state index contributed by atoms with van der Waals surface area (Å²) in [4.78, 5) is 46.4. The molecule has 3 amide bonds. The zero-order valence-corrected chi connectivity index (χ0v) is 23.5. The van der Waals surface area contributed by atoms with Gasteiger partial charge in [0.25, 0.3) is 11.8 Å². The van der Waals surface area contributed by atoms with E-state index in [0.29, 0.717) is 43.1 Å². The average molecular weight is 602 g/mol. The van der Waals surface area contributed by atoms with Crippen LogP contribution in [0.1, 0.15) is 57.7 Å². The lowest BCUT2D eigenvalue weighted by Crippen LogP contribution is -2.50. The number of nitrogens with one attached hydrogen (secondary N) is 2. The predicted molar refractivity (Wildman–Crippen MR) is 155 cm³/mol. The van der Waals surface area contributed by atoms with Crippen LogP contribution in [0.25, 0.3) is 0 Å². The lowest BCUT2D eigenvalue weighted by atomic mass is 10.0. The molecule has 6 rings (SSSR count). The fraction of sp³-hybridized carbons (Fsp3) is 0.300. The molecular weight excluding hydrogens is 572 g/mol. The summed E-state index contributed by atoms with van der Waals surface area (Å²) in [5.41, 5.74) is 2.43. The summed E-state index contributed by atoms with van der Waals surface area (Å²) in [5, 5.41) is 16.9. The molecule has 1 atom stereocenters. The number of pyridine rings is 1. The predicted octanol–water partition coefficient (Wildman–Crippen LogP) is 3.61. The third-order valence-electron chi connectivity index (χ3n) is 7.54. The molecule has 44 heavy (non-hydrogen) atoms. The number of carbonyl (C=O) groups excluding carboxylic acids is 3. The maximum absolute atomic E-state index is 13.4. The Morgan fingerprint density at radius 1 is 0.864 bits per heavy atom. The summed E-state index contributed by atoms with van der Waals surface area (Å²) in [6.07, 6.45) is 3.27. The highest BCUT2D eigenvalue weighted by atomic mass is 19.3. The van der Waals surface area contributed by atoms with E-state index >= 15 is 0 Å². The fourth-order valence-corrected chi connectivity index (χ4v) is 5.06. The maximum atomic E-state index is 13.4. The summed E-state index contributed by atoms with van der Waals surface area (Å²) in [6, 6.07) is 18.5. The summed E-state index contributed by atoms with van der Waals surface area (Å²) in [5.74, 6) is -0.442. The number of rotatable bonds is 9. The van der Waals surface area contributed by atoms with Crippen LogP contribution in [0.15, 0.2) is 72.9 Å². The number of hydrogen-bond acceptors (Lipinski definition) is 8. The van der Waals surface area contributed by atoms with Crippen molar-refractivity contribution in [2.75, 3.05) is 36.8 Å². The Morgan fingerprint density at radius 3 is 2.25 bits per heavy atom. The zero-order valence-electron chi connectivity index (χ0n) is 23.5. The van der Waals surface area contributed by atoms with Crippen LogP contribution in [-0.4, -0.2) is 78.9 Å². The molecule has 0 spiro atoms. The standard InChI is InChI=1S/C30H29F2N9O3/c31-30(32)41-37-26(36-38-41)25(19-4-2-1-3-5-19)39-14-16-40(17-15-39)29(44)24-18-23(12-13-33-24)35-28(43)21-8-10-22(11-9-21)34-27(42)20-6-7-20/h1-5,8-13,18,20,25,30H,6-7,14-17H2,(H,34,42)(H,33,35,43)/t25-/m1/s1. The molecule has 226 valence electrons. The van der Waals surface area contributed by atoms with E-state index in [1.165, 1.54) is 12.3 Å². The number of piperazine rings is 1. The number of alkyl halides is 2. The average Bonchev–Trinajstić information content (AvgIpc) is 3.79. The molecule has 1 aliphatic carbocycles. The molecule has 0 radical (unpaired) electrons. The van der Waals surface area contributed by atoms with Crippen molar-refractivity contribution in [3.8, 4) is 0 Å². The first kappa shape index (κ1) is 29.0. The van der Waals surface area contributed by atoms with E-state index in [2.05, 4.69) is 31.0 Å². The third kappa shape index (κ3) is 6.59. The molecule has 4 aromatic rings. The molecule has 2 fully saturated rings. The minimum absolute atomic E-state index is 0.00973. The highest BCUT2D eigenvalue weighted by Gasteiger charge is 2.32. The molecule has 1 aliphatic heterocycles. The van der Waals surface area contributed by atoms with Crippen LogP contribution in [-0.2, 0) is 4.79 Å². The molecule has 2 aliphatic rings. The molecule has 0 unspecified atom stereocenters. The van der Waals surface area contributed by atoms with Crippen LogP contribution in [0, 0.1) is 5.92 Å². The molecule has 0 bridgehead atoms. The van der Waals surface area contributed by atoms with E-state index in [9.17, 15) is 23.2 Å². The minimum atomic E-state index is -2.90. The van der Waals surface area contributed by atoms with Gasteiger partial charge in [-0.05, 0) is 60.0 Å². The van der Waals surface area contributed by atoms with E-state index in [4.69, 9.17) is 0 Å². The van der Waals surface area contributed by atoms with Gasteiger partial charge in [-0.3, -0.25) is 24.3 Å². The minimum Gasteiger partial charge on any atom is -0.335 e. The van der Waals surface area contributed by atoms with Crippen LogP contribution < -0.4 is 10.6 Å². The third-order valence-corrected chi connectivity index (χ3v) is 7.54. The molecular formula is C30H29F2N9O3. The molecule has 2 aromatic carbocycles. The Hall–Kier alpha value is -5.11. The lowest BCUT2D eigenvalue weighted by Gasteiger charge is -2.38. The van der Waals surface area contributed by atoms with Gasteiger partial charge in [-0.15, -0.1) is 10.2 Å². The second kappa shape index (κ2) is 12.6. The van der Waals surface area contributed by atoms with Crippen LogP contribution in [0.5, 0.6) is 0 Å². The zero-order chi connectivity index (χ0) is 30.6. The Labute approximate surface area is 251 Å². The van der Waals surface area contributed by atoms with Gasteiger partial charge in [-0.1, -0.05) is 35.1 Å². The number of halogens is 2. The number of aromatic nitrogens is 5. The van der Waals surface area contributed by atoms with E-state index in [0.717, 1.165) is 18.4 Å². The topological polar surface area (TPSA) is 138 Å². The van der Waals surface area contributed by atoms with Gasteiger partial charge in [-0.25, -0.2) is 0 Å².